The van der Waals surface area contributed by atoms with E-state index in [1.54, 1.807) is 17.3 Å². The van der Waals surface area contributed by atoms with Gasteiger partial charge in [0.05, 0.1) is 11.8 Å². The number of hydrogen-bond acceptors (Lipinski definition) is 5. The summed E-state index contributed by atoms with van der Waals surface area (Å²) in [5.74, 6) is 0.202. The fraction of sp³-hybridized carbons (Fsp3) is 0.500. The zero-order valence-corrected chi connectivity index (χ0v) is 15.6. The third-order valence-corrected chi connectivity index (χ3v) is 5.41. The van der Waals surface area contributed by atoms with E-state index in [9.17, 15) is 9.90 Å². The number of urea groups is 1. The Balaban J connectivity index is 1.61. The number of thiazole rings is 1. The molecule has 1 fully saturated rings. The van der Waals surface area contributed by atoms with Crippen molar-refractivity contribution in [1.82, 2.24) is 14.9 Å². The van der Waals surface area contributed by atoms with Crippen molar-refractivity contribution in [2.75, 3.05) is 18.4 Å². The standard InChI is InChI=1S/C18H24N4O2S/c1-18(2,3)13-6-8-22(10-15(13)23)17(24)21-16-20-14(11-25-16)12-5-4-7-19-9-12/h4-5,7,9,11,13,15,23H,6,8,10H2,1-3H3,(H,20,21,24)/t13-,15-/m1/s1. The van der Waals surface area contributed by atoms with Crippen LogP contribution in [0.1, 0.15) is 27.2 Å². The van der Waals surface area contributed by atoms with Crippen LogP contribution in [-0.4, -0.2) is 45.2 Å². The number of aliphatic hydroxyl groups is 1. The molecule has 1 saturated heterocycles. The molecule has 2 aromatic rings. The minimum Gasteiger partial charge on any atom is -0.391 e. The normalized spacial score (nSPS) is 21.2. The van der Waals surface area contributed by atoms with Crippen molar-refractivity contribution in [3.63, 3.8) is 0 Å². The molecule has 2 amide bonds. The van der Waals surface area contributed by atoms with Gasteiger partial charge in [-0.1, -0.05) is 20.8 Å². The number of carbonyl (C=O) groups excluding carboxylic acids is 1. The molecule has 7 heteroatoms. The summed E-state index contributed by atoms with van der Waals surface area (Å²) in [5.41, 5.74) is 1.75. The van der Waals surface area contributed by atoms with E-state index >= 15 is 0 Å². The summed E-state index contributed by atoms with van der Waals surface area (Å²) in [6, 6.07) is 3.58. The second-order valence-corrected chi connectivity index (χ2v) is 8.34. The topological polar surface area (TPSA) is 78.4 Å². The number of nitrogens with one attached hydrogen (secondary N) is 1. The van der Waals surface area contributed by atoms with Crippen molar-refractivity contribution < 1.29 is 9.90 Å². The molecule has 3 rings (SSSR count). The number of β-amino-alcohol motifs (C(OH)–C–C–N with tert-alkyl or cyclic N) is 1. The largest absolute Gasteiger partial charge is 0.391 e. The number of rotatable bonds is 2. The number of anilines is 1. The average molecular weight is 360 g/mol. The molecule has 1 aliphatic rings. The highest BCUT2D eigenvalue weighted by atomic mass is 32.1. The van der Waals surface area contributed by atoms with E-state index in [1.165, 1.54) is 11.3 Å². The lowest BCUT2D eigenvalue weighted by Gasteiger charge is -2.42. The van der Waals surface area contributed by atoms with Gasteiger partial charge in [-0.15, -0.1) is 11.3 Å². The van der Waals surface area contributed by atoms with Gasteiger partial charge in [0.25, 0.3) is 0 Å². The third kappa shape index (κ3) is 4.16. The zero-order valence-electron chi connectivity index (χ0n) is 14.8. The molecular weight excluding hydrogens is 336 g/mol. The Labute approximate surface area is 151 Å². The first-order valence-corrected chi connectivity index (χ1v) is 9.32. The molecule has 2 atom stereocenters. The van der Waals surface area contributed by atoms with Gasteiger partial charge in [0, 0.05) is 36.4 Å². The summed E-state index contributed by atoms with van der Waals surface area (Å²) < 4.78 is 0. The first kappa shape index (κ1) is 17.8. The van der Waals surface area contributed by atoms with Crippen molar-refractivity contribution >= 4 is 22.5 Å². The summed E-state index contributed by atoms with van der Waals surface area (Å²) >= 11 is 1.38. The maximum absolute atomic E-state index is 12.5. The molecule has 6 nitrogen and oxygen atoms in total. The van der Waals surface area contributed by atoms with E-state index in [0.717, 1.165) is 17.7 Å². The zero-order chi connectivity index (χ0) is 18.0. The first-order chi connectivity index (χ1) is 11.8. The molecule has 1 aliphatic heterocycles. The minimum atomic E-state index is -0.498. The van der Waals surface area contributed by atoms with Gasteiger partial charge < -0.3 is 10.0 Å². The van der Waals surface area contributed by atoms with Crippen molar-refractivity contribution in [2.24, 2.45) is 11.3 Å². The van der Waals surface area contributed by atoms with Gasteiger partial charge in [-0.05, 0) is 29.9 Å². The van der Waals surface area contributed by atoms with Crippen LogP contribution in [0.25, 0.3) is 11.3 Å². The molecular formula is C18H24N4O2S. The van der Waals surface area contributed by atoms with E-state index in [-0.39, 0.29) is 17.4 Å². The smallest absolute Gasteiger partial charge is 0.323 e. The molecule has 0 saturated carbocycles. The van der Waals surface area contributed by atoms with E-state index in [1.807, 2.05) is 17.5 Å². The average Bonchev–Trinajstić information content (AvgIpc) is 3.03. The van der Waals surface area contributed by atoms with E-state index in [2.05, 4.69) is 36.1 Å². The summed E-state index contributed by atoms with van der Waals surface area (Å²) in [7, 11) is 0. The Morgan fingerprint density at radius 2 is 2.24 bits per heavy atom. The van der Waals surface area contributed by atoms with Gasteiger partial charge in [0.15, 0.2) is 5.13 Å². The molecule has 0 bridgehead atoms. The number of piperidine rings is 1. The molecule has 134 valence electrons. The molecule has 0 aromatic carbocycles. The van der Waals surface area contributed by atoms with Crippen molar-refractivity contribution in [3.05, 3.63) is 29.9 Å². The number of likely N-dealkylation sites (tertiary alicyclic amines) is 1. The molecule has 25 heavy (non-hydrogen) atoms. The van der Waals surface area contributed by atoms with Gasteiger partial charge in [0.2, 0.25) is 0 Å². The van der Waals surface area contributed by atoms with Crippen LogP contribution in [0.2, 0.25) is 0 Å². The molecule has 2 aromatic heterocycles. The number of aromatic nitrogens is 2. The molecule has 2 N–H and O–H groups in total. The van der Waals surface area contributed by atoms with Crippen LogP contribution < -0.4 is 5.32 Å². The summed E-state index contributed by atoms with van der Waals surface area (Å²) in [6.45, 7) is 7.39. The summed E-state index contributed by atoms with van der Waals surface area (Å²) in [6.07, 6.45) is 3.76. The number of pyridine rings is 1. The fourth-order valence-electron chi connectivity index (χ4n) is 3.27. The first-order valence-electron chi connectivity index (χ1n) is 8.44. The highest BCUT2D eigenvalue weighted by molar-refractivity contribution is 7.14. The van der Waals surface area contributed by atoms with Crippen molar-refractivity contribution in [2.45, 2.75) is 33.3 Å². The highest BCUT2D eigenvalue weighted by Gasteiger charge is 2.37. The fourth-order valence-corrected chi connectivity index (χ4v) is 3.98. The summed E-state index contributed by atoms with van der Waals surface area (Å²) in [4.78, 5) is 22.7. The van der Waals surface area contributed by atoms with E-state index in [0.29, 0.717) is 18.2 Å². The number of nitrogens with zero attached hydrogens (tertiary/aromatic N) is 3. The molecule has 0 aliphatic carbocycles. The number of hydrogen-bond donors (Lipinski definition) is 2. The predicted molar refractivity (Wildman–Crippen MR) is 99.5 cm³/mol. The van der Waals surface area contributed by atoms with Crippen molar-refractivity contribution in [3.8, 4) is 11.3 Å². The highest BCUT2D eigenvalue weighted by Crippen LogP contribution is 2.34. The number of aliphatic hydroxyl groups excluding tert-OH is 1. The second-order valence-electron chi connectivity index (χ2n) is 7.48. The molecule has 0 radical (unpaired) electrons. The predicted octanol–water partition coefficient (Wildman–Crippen LogP) is 3.47. The number of carbonyl (C=O) groups is 1. The number of amides is 2. The van der Waals surface area contributed by atoms with Gasteiger partial charge >= 0.3 is 6.03 Å². The lowest BCUT2D eigenvalue weighted by atomic mass is 9.74. The van der Waals surface area contributed by atoms with Crippen molar-refractivity contribution in [1.29, 1.82) is 0 Å². The lowest BCUT2D eigenvalue weighted by molar-refractivity contribution is -0.0108. The lowest BCUT2D eigenvalue weighted by Crippen LogP contribution is -2.51. The van der Waals surface area contributed by atoms with E-state index in [4.69, 9.17) is 0 Å². The maximum atomic E-state index is 12.5. The quantitative estimate of drug-likeness (QED) is 0.860. The third-order valence-electron chi connectivity index (χ3n) is 4.66. The van der Waals surface area contributed by atoms with Crippen LogP contribution in [0.3, 0.4) is 0 Å². The molecule has 0 spiro atoms. The monoisotopic (exact) mass is 360 g/mol. The Kier molecular flexibility index (Phi) is 5.06. The maximum Gasteiger partial charge on any atom is 0.323 e. The Morgan fingerprint density at radius 3 is 2.88 bits per heavy atom. The Hall–Kier alpha value is -1.99. The van der Waals surface area contributed by atoms with Gasteiger partial charge in [-0.3, -0.25) is 10.3 Å². The van der Waals surface area contributed by atoms with Crippen LogP contribution in [0, 0.1) is 11.3 Å². The van der Waals surface area contributed by atoms with Crippen LogP contribution in [0.4, 0.5) is 9.93 Å². The Morgan fingerprint density at radius 1 is 1.44 bits per heavy atom. The van der Waals surface area contributed by atoms with Crippen LogP contribution in [0.5, 0.6) is 0 Å². The van der Waals surface area contributed by atoms with Crippen LogP contribution in [-0.2, 0) is 0 Å². The SMILES string of the molecule is CC(C)(C)[C@@H]1CCN(C(=O)Nc2nc(-c3cccnc3)cs2)C[C@H]1O. The van der Waals surface area contributed by atoms with Gasteiger partial charge in [-0.25, -0.2) is 9.78 Å². The van der Waals surface area contributed by atoms with Gasteiger partial charge in [0.1, 0.15) is 0 Å². The van der Waals surface area contributed by atoms with Crippen LogP contribution >= 0.6 is 11.3 Å². The van der Waals surface area contributed by atoms with Gasteiger partial charge in [-0.2, -0.15) is 0 Å². The van der Waals surface area contributed by atoms with E-state index < -0.39 is 6.10 Å². The second kappa shape index (κ2) is 7.09. The van der Waals surface area contributed by atoms with Crippen LogP contribution in [0.15, 0.2) is 29.9 Å². The minimum absolute atomic E-state index is 0.0376. The Bertz CT molecular complexity index is 726. The molecule has 0 unspecified atom stereocenters. The summed E-state index contributed by atoms with van der Waals surface area (Å²) in [5, 5.41) is 15.7. The molecule has 3 heterocycles.